The first kappa shape index (κ1) is 13.5. The lowest BCUT2D eigenvalue weighted by Crippen LogP contribution is -2.52. The van der Waals surface area contributed by atoms with Gasteiger partial charge in [-0.3, -0.25) is 9.78 Å². The van der Waals surface area contributed by atoms with Crippen molar-refractivity contribution in [3.05, 3.63) is 30.1 Å². The molecule has 1 aliphatic carbocycles. The molecule has 0 radical (unpaired) electrons. The maximum Gasteiger partial charge on any atom is 0.253 e. The molecule has 3 nitrogen and oxygen atoms in total. The van der Waals surface area contributed by atoms with Crippen molar-refractivity contribution in [1.82, 2.24) is 10.3 Å². The average molecular weight is 311 g/mol. The van der Waals surface area contributed by atoms with Crippen LogP contribution >= 0.6 is 15.9 Å². The number of halogens is 1. The number of alkyl halides is 1. The second-order valence-electron chi connectivity index (χ2n) is 5.29. The molecule has 1 heterocycles. The first-order valence-electron chi connectivity index (χ1n) is 6.44. The van der Waals surface area contributed by atoms with Gasteiger partial charge in [0.05, 0.1) is 11.1 Å². The second kappa shape index (κ2) is 5.83. The molecule has 0 aliphatic heterocycles. The van der Waals surface area contributed by atoms with E-state index < -0.39 is 0 Å². The number of amides is 1. The lowest BCUT2D eigenvalue weighted by atomic mass is 9.78. The molecule has 2 rings (SSSR count). The highest BCUT2D eigenvalue weighted by molar-refractivity contribution is 9.09. The monoisotopic (exact) mass is 310 g/mol. The molecule has 1 aliphatic rings. The Morgan fingerprint density at radius 3 is 2.83 bits per heavy atom. The van der Waals surface area contributed by atoms with E-state index in [-0.39, 0.29) is 11.4 Å². The van der Waals surface area contributed by atoms with Crippen molar-refractivity contribution in [2.45, 2.75) is 38.1 Å². The molecule has 0 saturated heterocycles. The number of nitrogens with one attached hydrogen (secondary N) is 1. The molecule has 0 spiro atoms. The first-order chi connectivity index (χ1) is 8.65. The van der Waals surface area contributed by atoms with Crippen LogP contribution in [0.5, 0.6) is 0 Å². The summed E-state index contributed by atoms with van der Waals surface area (Å²) in [4.78, 5) is 16.2. The first-order valence-corrected chi connectivity index (χ1v) is 7.56. The van der Waals surface area contributed by atoms with Gasteiger partial charge in [0.15, 0.2) is 0 Å². The molecule has 1 fully saturated rings. The Labute approximate surface area is 117 Å². The highest BCUT2D eigenvalue weighted by Crippen LogP contribution is 2.33. The molecule has 1 aromatic heterocycles. The zero-order valence-corrected chi connectivity index (χ0v) is 12.2. The van der Waals surface area contributed by atoms with Gasteiger partial charge in [0, 0.05) is 17.7 Å². The van der Waals surface area contributed by atoms with Crippen molar-refractivity contribution in [3.63, 3.8) is 0 Å². The summed E-state index contributed by atoms with van der Waals surface area (Å²) in [6.45, 7) is 2.28. The van der Waals surface area contributed by atoms with Gasteiger partial charge in [0.2, 0.25) is 0 Å². The quantitative estimate of drug-likeness (QED) is 0.871. The van der Waals surface area contributed by atoms with Crippen LogP contribution in [0.2, 0.25) is 0 Å². The summed E-state index contributed by atoms with van der Waals surface area (Å²) >= 11 is 3.56. The number of carbonyl (C=O) groups is 1. The summed E-state index contributed by atoms with van der Waals surface area (Å²) in [7, 11) is 0. The van der Waals surface area contributed by atoms with Gasteiger partial charge in [-0.05, 0) is 43.7 Å². The minimum absolute atomic E-state index is 0.0166. The molecule has 1 saturated carbocycles. The van der Waals surface area contributed by atoms with Crippen LogP contribution in [0.15, 0.2) is 24.5 Å². The minimum atomic E-state index is -0.0839. The molecule has 0 unspecified atom stereocenters. The third-order valence-corrected chi connectivity index (χ3v) is 4.86. The van der Waals surface area contributed by atoms with Crippen molar-refractivity contribution in [1.29, 1.82) is 0 Å². The Hall–Kier alpha value is -0.900. The van der Waals surface area contributed by atoms with Crippen LogP contribution in [-0.4, -0.2) is 21.8 Å². The Bertz CT molecular complexity index is 400. The van der Waals surface area contributed by atoms with E-state index in [9.17, 15) is 4.79 Å². The Morgan fingerprint density at radius 2 is 2.28 bits per heavy atom. The summed E-state index contributed by atoms with van der Waals surface area (Å²) in [6.07, 6.45) is 7.75. The van der Waals surface area contributed by atoms with Crippen LogP contribution in [-0.2, 0) is 0 Å². The lowest BCUT2D eigenvalue weighted by molar-refractivity contribution is 0.0874. The fourth-order valence-corrected chi connectivity index (χ4v) is 3.12. The van der Waals surface area contributed by atoms with E-state index in [1.807, 2.05) is 0 Å². The summed E-state index contributed by atoms with van der Waals surface area (Å²) in [6, 6.07) is 3.59. The summed E-state index contributed by atoms with van der Waals surface area (Å²) in [5.41, 5.74) is 0.552. The maximum absolute atomic E-state index is 12.2. The number of rotatable bonds is 3. The molecule has 0 bridgehead atoms. The van der Waals surface area contributed by atoms with Gasteiger partial charge >= 0.3 is 0 Å². The van der Waals surface area contributed by atoms with Crippen molar-refractivity contribution in [3.8, 4) is 0 Å². The minimum Gasteiger partial charge on any atom is -0.346 e. The number of pyridine rings is 1. The fourth-order valence-electron chi connectivity index (χ4n) is 2.42. The molecule has 1 aromatic rings. The van der Waals surface area contributed by atoms with Crippen LogP contribution in [0.4, 0.5) is 0 Å². The molecule has 1 amide bonds. The molecule has 0 atom stereocenters. The summed E-state index contributed by atoms with van der Waals surface area (Å²) in [5.74, 6) is 0.754. The average Bonchev–Trinajstić information content (AvgIpc) is 2.43. The van der Waals surface area contributed by atoms with Gasteiger partial charge in [0.25, 0.3) is 5.91 Å². The lowest BCUT2D eigenvalue weighted by Gasteiger charge is -2.39. The van der Waals surface area contributed by atoms with Crippen LogP contribution in [0.1, 0.15) is 43.0 Å². The summed E-state index contributed by atoms with van der Waals surface area (Å²) in [5, 5.41) is 4.01. The van der Waals surface area contributed by atoms with E-state index in [2.05, 4.69) is 33.2 Å². The van der Waals surface area contributed by atoms with E-state index in [4.69, 9.17) is 0 Å². The van der Waals surface area contributed by atoms with Crippen molar-refractivity contribution in [2.75, 3.05) is 5.33 Å². The van der Waals surface area contributed by atoms with Gasteiger partial charge in [-0.25, -0.2) is 0 Å². The predicted molar refractivity (Wildman–Crippen MR) is 75.9 cm³/mol. The van der Waals surface area contributed by atoms with Gasteiger partial charge < -0.3 is 5.32 Å². The Morgan fingerprint density at radius 1 is 1.56 bits per heavy atom. The molecular weight excluding hydrogens is 292 g/mol. The van der Waals surface area contributed by atoms with Gasteiger partial charge in [-0.1, -0.05) is 22.9 Å². The van der Waals surface area contributed by atoms with Gasteiger partial charge in [0.1, 0.15) is 0 Å². The maximum atomic E-state index is 12.2. The highest BCUT2D eigenvalue weighted by atomic mass is 79.9. The third kappa shape index (κ3) is 3.10. The molecule has 18 heavy (non-hydrogen) atoms. The highest BCUT2D eigenvalue weighted by Gasteiger charge is 2.34. The number of carbonyl (C=O) groups excluding carboxylic acids is 1. The summed E-state index contributed by atoms with van der Waals surface area (Å²) < 4.78 is 0. The second-order valence-corrected chi connectivity index (χ2v) is 5.85. The molecule has 1 N–H and O–H groups in total. The number of nitrogens with zero attached hydrogens (tertiary/aromatic N) is 1. The van der Waals surface area contributed by atoms with Gasteiger partial charge in [-0.2, -0.15) is 0 Å². The topological polar surface area (TPSA) is 42.0 Å². The van der Waals surface area contributed by atoms with E-state index >= 15 is 0 Å². The normalized spacial score (nSPS) is 27.8. The zero-order chi connectivity index (χ0) is 13.0. The van der Waals surface area contributed by atoms with Crippen molar-refractivity contribution >= 4 is 21.8 Å². The predicted octanol–water partition coefficient (Wildman–Crippen LogP) is 3.16. The van der Waals surface area contributed by atoms with Gasteiger partial charge in [-0.15, -0.1) is 0 Å². The third-order valence-electron chi connectivity index (χ3n) is 3.79. The Kier molecular flexibility index (Phi) is 4.38. The number of hydrogen-bond donors (Lipinski definition) is 1. The smallest absolute Gasteiger partial charge is 0.253 e. The molecule has 98 valence electrons. The molecule has 4 heteroatoms. The largest absolute Gasteiger partial charge is 0.346 e. The van der Waals surface area contributed by atoms with E-state index in [1.165, 1.54) is 12.8 Å². The van der Waals surface area contributed by atoms with E-state index in [0.29, 0.717) is 5.56 Å². The van der Waals surface area contributed by atoms with E-state index in [0.717, 1.165) is 24.1 Å². The number of aromatic nitrogens is 1. The van der Waals surface area contributed by atoms with Crippen LogP contribution < -0.4 is 5.32 Å². The van der Waals surface area contributed by atoms with E-state index in [1.54, 1.807) is 24.5 Å². The van der Waals surface area contributed by atoms with Crippen molar-refractivity contribution in [2.24, 2.45) is 5.92 Å². The molecular formula is C14H19BrN2O. The van der Waals surface area contributed by atoms with Crippen molar-refractivity contribution < 1.29 is 4.79 Å². The number of hydrogen-bond acceptors (Lipinski definition) is 2. The zero-order valence-electron chi connectivity index (χ0n) is 10.7. The molecule has 0 aromatic carbocycles. The fraction of sp³-hybridized carbons (Fsp3) is 0.571. The van der Waals surface area contributed by atoms with Crippen LogP contribution in [0.3, 0.4) is 0 Å². The Balaban J connectivity index is 2.05. The standard InChI is InChI=1S/C14H19BrN2O/c1-11-4-6-14(10-15,7-5-11)17-13(18)12-3-2-8-16-9-12/h2-3,8-9,11H,4-7,10H2,1H3,(H,17,18). The SMILES string of the molecule is CC1CCC(CBr)(NC(=O)c2cccnc2)CC1. The van der Waals surface area contributed by atoms with Crippen LogP contribution in [0.25, 0.3) is 0 Å². The van der Waals surface area contributed by atoms with Crippen LogP contribution in [0, 0.1) is 5.92 Å².